The van der Waals surface area contributed by atoms with Gasteiger partial charge >= 0.3 is 0 Å². The fourth-order valence-electron chi connectivity index (χ4n) is 2.55. The van der Waals surface area contributed by atoms with E-state index in [1.165, 1.54) is 6.07 Å². The molecular formula is C18H12ClFN4. The van der Waals surface area contributed by atoms with Crippen molar-refractivity contribution in [3.63, 3.8) is 0 Å². The number of benzene rings is 2. The summed E-state index contributed by atoms with van der Waals surface area (Å²) < 4.78 is 15.7. The lowest BCUT2D eigenvalue weighted by atomic mass is 10.2. The van der Waals surface area contributed by atoms with Gasteiger partial charge in [0.25, 0.3) is 0 Å². The molecule has 0 atom stereocenters. The Labute approximate surface area is 142 Å². The summed E-state index contributed by atoms with van der Waals surface area (Å²) in [6, 6.07) is 16.2. The minimum atomic E-state index is -0.261. The van der Waals surface area contributed by atoms with E-state index in [1.807, 2.05) is 30.3 Å². The number of fused-ring (bicyclic) bond motifs is 1. The normalized spacial score (nSPS) is 11.1. The van der Waals surface area contributed by atoms with E-state index in [9.17, 15) is 4.39 Å². The second-order valence-electron chi connectivity index (χ2n) is 5.34. The Morgan fingerprint density at radius 2 is 1.71 bits per heavy atom. The first-order valence-corrected chi connectivity index (χ1v) is 7.77. The monoisotopic (exact) mass is 338 g/mol. The summed E-state index contributed by atoms with van der Waals surface area (Å²) in [5, 5.41) is 0.283. The molecule has 0 aliphatic rings. The Balaban J connectivity index is 1.83. The van der Waals surface area contributed by atoms with E-state index in [1.54, 1.807) is 29.1 Å². The molecule has 0 aliphatic heterocycles. The molecule has 4 aromatic rings. The van der Waals surface area contributed by atoms with Gasteiger partial charge < -0.3 is 4.57 Å². The minimum absolute atomic E-state index is 0.261. The second kappa shape index (κ2) is 6.02. The summed E-state index contributed by atoms with van der Waals surface area (Å²) in [6.45, 7) is 0.324. The second-order valence-corrected chi connectivity index (χ2v) is 5.70. The lowest BCUT2D eigenvalue weighted by molar-refractivity contribution is 0.601. The van der Waals surface area contributed by atoms with Crippen LogP contribution in [0.5, 0.6) is 0 Å². The van der Waals surface area contributed by atoms with Crippen LogP contribution in [0.15, 0.2) is 60.9 Å². The molecule has 4 nitrogen and oxygen atoms in total. The highest BCUT2D eigenvalue weighted by Gasteiger charge is 2.14. The molecule has 0 N–H and O–H groups in total. The topological polar surface area (TPSA) is 43.6 Å². The van der Waals surface area contributed by atoms with Crippen LogP contribution in [0.1, 0.15) is 5.56 Å². The predicted molar refractivity (Wildman–Crippen MR) is 91.3 cm³/mol. The first-order chi connectivity index (χ1) is 11.7. The molecule has 2 aromatic carbocycles. The van der Waals surface area contributed by atoms with Crippen LogP contribution in [0.25, 0.3) is 22.6 Å². The van der Waals surface area contributed by atoms with Gasteiger partial charge in [-0.2, -0.15) is 0 Å². The standard InChI is InChI=1S/C18H12ClFN4/c19-16-15-18(23-17(22-16)12-6-2-1-3-7-12)24(11-21-15)10-13-8-4-5-9-14(13)20/h1-9,11H,10H2. The summed E-state index contributed by atoms with van der Waals surface area (Å²) >= 11 is 6.26. The van der Waals surface area contributed by atoms with Crippen LogP contribution in [0.4, 0.5) is 4.39 Å². The molecule has 0 saturated carbocycles. The summed E-state index contributed by atoms with van der Waals surface area (Å²) in [5.74, 6) is 0.256. The number of hydrogen-bond donors (Lipinski definition) is 0. The Hall–Kier alpha value is -2.79. The van der Waals surface area contributed by atoms with Gasteiger partial charge in [0.1, 0.15) is 11.3 Å². The van der Waals surface area contributed by atoms with Gasteiger partial charge in [-0.25, -0.2) is 19.3 Å². The van der Waals surface area contributed by atoms with Crippen LogP contribution in [0.2, 0.25) is 5.15 Å². The molecule has 0 radical (unpaired) electrons. The van der Waals surface area contributed by atoms with Crippen molar-refractivity contribution in [2.24, 2.45) is 0 Å². The van der Waals surface area contributed by atoms with Crippen LogP contribution in [-0.2, 0) is 6.54 Å². The summed E-state index contributed by atoms with van der Waals surface area (Å²) in [7, 11) is 0. The quantitative estimate of drug-likeness (QED) is 0.522. The molecule has 0 amide bonds. The third-order valence-electron chi connectivity index (χ3n) is 3.75. The number of nitrogens with zero attached hydrogens (tertiary/aromatic N) is 4. The molecule has 4 rings (SSSR count). The van der Waals surface area contributed by atoms with E-state index in [2.05, 4.69) is 15.0 Å². The molecule has 2 aromatic heterocycles. The Morgan fingerprint density at radius 1 is 0.958 bits per heavy atom. The van der Waals surface area contributed by atoms with Crippen LogP contribution in [0, 0.1) is 5.82 Å². The van der Waals surface area contributed by atoms with Crippen molar-refractivity contribution >= 4 is 22.8 Å². The van der Waals surface area contributed by atoms with Gasteiger partial charge in [0.15, 0.2) is 16.6 Å². The van der Waals surface area contributed by atoms with Gasteiger partial charge in [0, 0.05) is 11.1 Å². The highest BCUT2D eigenvalue weighted by Crippen LogP contribution is 2.24. The average molecular weight is 339 g/mol. The predicted octanol–water partition coefficient (Wildman–Crippen LogP) is 4.33. The third kappa shape index (κ3) is 2.63. The van der Waals surface area contributed by atoms with Crippen molar-refractivity contribution in [2.45, 2.75) is 6.54 Å². The van der Waals surface area contributed by atoms with Gasteiger partial charge in [0.05, 0.1) is 12.9 Å². The number of aromatic nitrogens is 4. The zero-order chi connectivity index (χ0) is 16.5. The lowest BCUT2D eigenvalue weighted by Crippen LogP contribution is -2.02. The van der Waals surface area contributed by atoms with Gasteiger partial charge in [-0.3, -0.25) is 0 Å². The molecule has 0 unspecified atom stereocenters. The minimum Gasteiger partial charge on any atom is -0.311 e. The molecule has 118 valence electrons. The molecule has 0 aliphatic carbocycles. The lowest BCUT2D eigenvalue weighted by Gasteiger charge is -2.07. The molecule has 0 fully saturated rings. The zero-order valence-corrected chi connectivity index (χ0v) is 13.3. The zero-order valence-electron chi connectivity index (χ0n) is 12.5. The number of rotatable bonds is 3. The van der Waals surface area contributed by atoms with E-state index in [0.717, 1.165) is 5.56 Å². The maximum absolute atomic E-state index is 13.9. The van der Waals surface area contributed by atoms with E-state index < -0.39 is 0 Å². The fourth-order valence-corrected chi connectivity index (χ4v) is 2.77. The Morgan fingerprint density at radius 3 is 2.50 bits per heavy atom. The van der Waals surface area contributed by atoms with Crippen molar-refractivity contribution in [3.05, 3.63) is 77.5 Å². The number of halogens is 2. The van der Waals surface area contributed by atoms with Crippen LogP contribution < -0.4 is 0 Å². The third-order valence-corrected chi connectivity index (χ3v) is 4.02. The fraction of sp³-hybridized carbons (Fsp3) is 0.0556. The molecule has 0 spiro atoms. The van der Waals surface area contributed by atoms with E-state index >= 15 is 0 Å². The van der Waals surface area contributed by atoms with Crippen molar-refractivity contribution < 1.29 is 4.39 Å². The highest BCUT2D eigenvalue weighted by atomic mass is 35.5. The van der Waals surface area contributed by atoms with E-state index in [-0.39, 0.29) is 11.0 Å². The van der Waals surface area contributed by atoms with Crippen molar-refractivity contribution in [2.75, 3.05) is 0 Å². The summed E-state index contributed by atoms with van der Waals surface area (Å²) in [6.07, 6.45) is 1.60. The molecule has 24 heavy (non-hydrogen) atoms. The van der Waals surface area contributed by atoms with E-state index in [4.69, 9.17) is 11.6 Å². The van der Waals surface area contributed by atoms with Gasteiger partial charge in [-0.15, -0.1) is 0 Å². The summed E-state index contributed by atoms with van der Waals surface area (Å²) in [5.41, 5.74) is 2.51. The van der Waals surface area contributed by atoms with Gasteiger partial charge in [0.2, 0.25) is 0 Å². The molecular weight excluding hydrogens is 327 g/mol. The Kier molecular flexibility index (Phi) is 3.70. The van der Waals surface area contributed by atoms with Crippen LogP contribution in [-0.4, -0.2) is 19.5 Å². The van der Waals surface area contributed by atoms with Crippen molar-refractivity contribution in [3.8, 4) is 11.4 Å². The molecule has 0 saturated heterocycles. The SMILES string of the molecule is Fc1ccccc1Cn1cnc2c(Cl)nc(-c3ccccc3)nc21. The number of hydrogen-bond acceptors (Lipinski definition) is 3. The van der Waals surface area contributed by atoms with E-state index in [0.29, 0.717) is 29.1 Å². The van der Waals surface area contributed by atoms with Crippen LogP contribution >= 0.6 is 11.6 Å². The maximum Gasteiger partial charge on any atom is 0.165 e. The Bertz CT molecular complexity index is 1010. The molecule has 0 bridgehead atoms. The van der Waals surface area contributed by atoms with Crippen molar-refractivity contribution in [1.82, 2.24) is 19.5 Å². The maximum atomic E-state index is 13.9. The largest absolute Gasteiger partial charge is 0.311 e. The van der Waals surface area contributed by atoms with Crippen LogP contribution in [0.3, 0.4) is 0 Å². The smallest absolute Gasteiger partial charge is 0.165 e. The summed E-state index contributed by atoms with van der Waals surface area (Å²) in [4.78, 5) is 13.2. The molecule has 6 heteroatoms. The highest BCUT2D eigenvalue weighted by molar-refractivity contribution is 6.33. The van der Waals surface area contributed by atoms with Gasteiger partial charge in [-0.05, 0) is 6.07 Å². The van der Waals surface area contributed by atoms with Gasteiger partial charge in [-0.1, -0.05) is 60.1 Å². The first-order valence-electron chi connectivity index (χ1n) is 7.39. The molecule has 2 heterocycles. The average Bonchev–Trinajstić information content (AvgIpc) is 3.01. The first kappa shape index (κ1) is 14.8. The van der Waals surface area contributed by atoms with Crippen molar-refractivity contribution in [1.29, 1.82) is 0 Å². The number of imidazole rings is 1.